The molecule has 0 N–H and O–H groups in total. The van der Waals surface area contributed by atoms with Crippen molar-refractivity contribution in [2.45, 2.75) is 0 Å². The van der Waals surface area contributed by atoms with E-state index in [1.165, 1.54) is 0 Å². The van der Waals surface area contributed by atoms with Crippen LogP contribution in [0.15, 0.2) is 11.2 Å². The summed E-state index contributed by atoms with van der Waals surface area (Å²) in [6.07, 6.45) is 1.74. The Morgan fingerprint density at radius 2 is 2.00 bits per heavy atom. The van der Waals surface area contributed by atoms with Crippen LogP contribution >= 0.6 is 0 Å². The Kier molecular flexibility index (Phi) is 0.461. The Morgan fingerprint density at radius 3 is 2.00 bits per heavy atom. The van der Waals surface area contributed by atoms with Crippen molar-refractivity contribution in [3.8, 4) is 0 Å². The summed E-state index contributed by atoms with van der Waals surface area (Å²) in [5, 5.41) is 0. The van der Waals surface area contributed by atoms with Crippen molar-refractivity contribution in [2.24, 2.45) is 0 Å². The van der Waals surface area contributed by atoms with Gasteiger partial charge in [0.1, 0.15) is 0 Å². The molecule has 0 aromatic carbocycles. The molecule has 1 aliphatic heterocycles. The summed E-state index contributed by atoms with van der Waals surface area (Å²) in [6.45, 7) is 0. The minimum atomic E-state index is -0.0756. The van der Waals surface area contributed by atoms with E-state index in [-0.39, 0.29) is 15.6 Å². The number of rotatable bonds is 0. The first-order valence-electron chi connectivity index (χ1n) is 1.27. The van der Waals surface area contributed by atoms with Crippen LogP contribution in [0.2, 0.25) is 0 Å². The monoisotopic (exact) mass is 70.0 g/mol. The van der Waals surface area contributed by atoms with Crippen molar-refractivity contribution in [2.75, 3.05) is 0 Å². The summed E-state index contributed by atoms with van der Waals surface area (Å²) >= 11 is -0.0756. The summed E-state index contributed by atoms with van der Waals surface area (Å²) in [7, 11) is 0. The molecule has 0 aromatic heterocycles. The first-order valence-corrected chi connectivity index (χ1v) is 2.66. The molecular weight excluding hydrogens is 67.0 g/mol. The van der Waals surface area contributed by atoms with Crippen LogP contribution in [0.5, 0.6) is 0 Å². The van der Waals surface area contributed by atoms with E-state index >= 15 is 0 Å². The van der Waals surface area contributed by atoms with Crippen LogP contribution in [0.1, 0.15) is 0 Å². The molecule has 0 saturated heterocycles. The van der Waals surface area contributed by atoms with Gasteiger partial charge in [-0.05, 0) is 0 Å². The predicted octanol–water partition coefficient (Wildman–Crippen LogP) is -0.161. The Hall–Kier alpha value is 0.0725. The van der Waals surface area contributed by atoms with Crippen molar-refractivity contribution in [3.05, 3.63) is 11.2 Å². The SMILES string of the molecule is C1=[CH][AlH][O]1. The van der Waals surface area contributed by atoms with E-state index in [2.05, 4.69) is 8.73 Å². The van der Waals surface area contributed by atoms with Crippen molar-refractivity contribution in [3.63, 3.8) is 0 Å². The van der Waals surface area contributed by atoms with Gasteiger partial charge in [0, 0.05) is 6.26 Å². The van der Waals surface area contributed by atoms with E-state index in [0.29, 0.717) is 0 Å². The maximum absolute atomic E-state index is 4.68. The van der Waals surface area contributed by atoms with E-state index in [1.807, 2.05) is 0 Å². The van der Waals surface area contributed by atoms with E-state index in [9.17, 15) is 0 Å². The summed E-state index contributed by atoms with van der Waals surface area (Å²) in [5.74, 6) is 0. The molecule has 0 fully saturated rings. The number of hydrogen-bond acceptors (Lipinski definition) is 1. The van der Waals surface area contributed by atoms with E-state index in [1.54, 1.807) is 6.26 Å². The fourth-order valence-electron chi connectivity index (χ4n) is 0.0962. The highest BCUT2D eigenvalue weighted by atomic mass is 27.1. The van der Waals surface area contributed by atoms with E-state index in [4.69, 9.17) is 0 Å². The van der Waals surface area contributed by atoms with Crippen LogP contribution < -0.4 is 0 Å². The van der Waals surface area contributed by atoms with Gasteiger partial charge in [0.05, 0.1) is 0 Å². The highest BCUT2D eigenvalue weighted by molar-refractivity contribution is 6.37. The van der Waals surface area contributed by atoms with Gasteiger partial charge in [0.2, 0.25) is 0 Å². The lowest BCUT2D eigenvalue weighted by atomic mass is 11.2. The lowest BCUT2D eigenvalue weighted by molar-refractivity contribution is 0.496. The van der Waals surface area contributed by atoms with Crippen LogP contribution in [0.4, 0.5) is 0 Å². The maximum atomic E-state index is 4.68. The quantitative estimate of drug-likeness (QED) is 0.360. The van der Waals surface area contributed by atoms with Crippen LogP contribution in [-0.2, 0) is 3.79 Å². The van der Waals surface area contributed by atoms with Crippen LogP contribution in [0.25, 0.3) is 0 Å². The molecule has 0 aromatic rings. The van der Waals surface area contributed by atoms with Crippen molar-refractivity contribution in [1.82, 2.24) is 0 Å². The molecule has 0 unspecified atom stereocenters. The fraction of sp³-hybridized carbons (Fsp3) is 0. The van der Waals surface area contributed by atoms with Gasteiger partial charge >= 0.3 is 15.6 Å². The molecule has 0 spiro atoms. The van der Waals surface area contributed by atoms with Crippen molar-refractivity contribution in [1.29, 1.82) is 0 Å². The van der Waals surface area contributed by atoms with Gasteiger partial charge in [-0.15, -0.1) is 0 Å². The molecule has 1 aliphatic rings. The number of hydrogen-bond donors (Lipinski definition) is 0. The zero-order chi connectivity index (χ0) is 2.83. The summed E-state index contributed by atoms with van der Waals surface area (Å²) in [4.78, 5) is 2.10. The second-order valence-electron chi connectivity index (χ2n) is 0.705. The molecule has 1 heterocycles. The third-order valence-corrected chi connectivity index (χ3v) is 1.15. The molecule has 0 atom stereocenters. The van der Waals surface area contributed by atoms with Crippen LogP contribution in [-0.4, -0.2) is 15.6 Å². The lowest BCUT2D eigenvalue weighted by Crippen LogP contribution is -1.95. The third kappa shape index (κ3) is 0.144. The van der Waals surface area contributed by atoms with Crippen LogP contribution in [0.3, 0.4) is 0 Å². The third-order valence-electron chi connectivity index (χ3n) is 0.385. The summed E-state index contributed by atoms with van der Waals surface area (Å²) < 4.78 is 4.68. The fourth-order valence-corrected chi connectivity index (χ4v) is 0.289. The second kappa shape index (κ2) is 0.796. The molecule has 2 heteroatoms. The Bertz CT molecular complexity index is 35.3. The minimum absolute atomic E-state index is 0.0756. The molecule has 1 rings (SSSR count). The van der Waals surface area contributed by atoms with Gasteiger partial charge in [0.25, 0.3) is 0 Å². The molecule has 0 radical (unpaired) electrons. The van der Waals surface area contributed by atoms with Gasteiger partial charge in [-0.2, -0.15) is 0 Å². The van der Waals surface area contributed by atoms with Gasteiger partial charge in [-0.3, -0.25) is 0 Å². The topological polar surface area (TPSA) is 9.23 Å². The minimum Gasteiger partial charge on any atom is -0.649 e. The molecule has 0 amide bonds. The van der Waals surface area contributed by atoms with Gasteiger partial charge < -0.3 is 3.79 Å². The molecule has 0 saturated carbocycles. The van der Waals surface area contributed by atoms with Gasteiger partial charge in [-0.25, -0.2) is 0 Å². The Morgan fingerprint density at radius 1 is 1.75 bits per heavy atom. The Balaban J connectivity index is 2.47. The highest BCUT2D eigenvalue weighted by Crippen LogP contribution is 1.83. The molecule has 0 bridgehead atoms. The largest absolute Gasteiger partial charge is 0.649 e. The zero-order valence-electron chi connectivity index (χ0n) is 2.27. The van der Waals surface area contributed by atoms with E-state index < -0.39 is 0 Å². The van der Waals surface area contributed by atoms with Gasteiger partial charge in [-0.1, -0.05) is 4.94 Å². The van der Waals surface area contributed by atoms with Crippen LogP contribution in [0, 0.1) is 0 Å². The van der Waals surface area contributed by atoms with Crippen molar-refractivity contribution >= 4 is 15.6 Å². The smallest absolute Gasteiger partial charge is 0.558 e. The molecule has 1 nitrogen and oxygen atoms in total. The first kappa shape index (κ1) is 2.32. The average molecular weight is 70.0 g/mol. The summed E-state index contributed by atoms with van der Waals surface area (Å²) in [6, 6.07) is 0. The average Bonchev–Trinajstić information content (AvgIpc) is 0.722. The second-order valence-corrected chi connectivity index (χ2v) is 1.84. The standard InChI is InChI=1S/C2H3O.Al.H/c1-2-3;;/h1-3H;;/q;+1;/p-1. The lowest BCUT2D eigenvalue weighted by Gasteiger charge is -1.98. The van der Waals surface area contributed by atoms with Gasteiger partial charge in [0.15, 0.2) is 0 Å². The summed E-state index contributed by atoms with van der Waals surface area (Å²) in [5.41, 5.74) is 0. The maximum Gasteiger partial charge on any atom is 0.558 e. The Labute approximate surface area is 31.3 Å². The van der Waals surface area contributed by atoms with Crippen molar-refractivity contribution < 1.29 is 3.79 Å². The first-order chi connectivity index (χ1) is 2.00. The molecule has 4 heavy (non-hydrogen) atoms. The molecule has 20 valence electrons. The molecular formula is C2H3AlO. The molecule has 0 aliphatic carbocycles. The highest BCUT2D eigenvalue weighted by Gasteiger charge is 1.91. The normalized spacial score (nSPS) is 16.0. The van der Waals surface area contributed by atoms with E-state index in [0.717, 1.165) is 0 Å². The predicted molar refractivity (Wildman–Crippen MR) is 17.4 cm³/mol. The zero-order valence-corrected chi connectivity index (χ0v) is 3.68.